The van der Waals surface area contributed by atoms with E-state index in [1.165, 1.54) is 23.9 Å². The van der Waals surface area contributed by atoms with Gasteiger partial charge in [-0.05, 0) is 68.9 Å². The number of carbonyl (C=O) groups excluding carboxylic acids is 1. The summed E-state index contributed by atoms with van der Waals surface area (Å²) in [6, 6.07) is 13.0. The van der Waals surface area contributed by atoms with Gasteiger partial charge in [0.15, 0.2) is 5.16 Å². The molecule has 0 saturated carbocycles. The highest BCUT2D eigenvalue weighted by atomic mass is 32.2. The highest BCUT2D eigenvalue weighted by Crippen LogP contribution is 2.30. The average molecular weight is 436 g/mol. The van der Waals surface area contributed by atoms with Crippen molar-refractivity contribution in [2.75, 3.05) is 6.61 Å². The van der Waals surface area contributed by atoms with Crippen LogP contribution in [0.5, 0.6) is 0 Å². The molecule has 0 aliphatic heterocycles. The second-order valence-corrected chi connectivity index (χ2v) is 7.55. The molecule has 0 aliphatic rings. The summed E-state index contributed by atoms with van der Waals surface area (Å²) in [4.78, 5) is 36.5. The second kappa shape index (κ2) is 9.94. The summed E-state index contributed by atoms with van der Waals surface area (Å²) in [5, 5.41) is 11.8. The van der Waals surface area contributed by atoms with E-state index in [1.807, 2.05) is 19.9 Å². The van der Waals surface area contributed by atoms with Crippen LogP contribution < -0.4 is 0 Å². The maximum atomic E-state index is 11.8. The number of non-ortho nitro benzene ring substituents is 1. The lowest BCUT2D eigenvalue weighted by atomic mass is 10.2. The van der Waals surface area contributed by atoms with Crippen molar-refractivity contribution in [1.29, 1.82) is 0 Å². The predicted molar refractivity (Wildman–Crippen MR) is 118 cm³/mol. The van der Waals surface area contributed by atoms with Gasteiger partial charge in [0.2, 0.25) is 0 Å². The quantitative estimate of drug-likeness (QED) is 0.167. The predicted octanol–water partition coefficient (Wildman–Crippen LogP) is 5.08. The van der Waals surface area contributed by atoms with E-state index in [2.05, 4.69) is 15.0 Å². The molecule has 0 radical (unpaired) electrons. The fourth-order valence-electron chi connectivity index (χ4n) is 2.72. The number of ether oxygens (including phenoxy) is 1. The van der Waals surface area contributed by atoms with Crippen LogP contribution in [0.1, 0.15) is 34.2 Å². The lowest BCUT2D eigenvalue weighted by Gasteiger charge is -2.06. The number of aliphatic imine (C=N–C) groups is 1. The molecule has 3 aromatic rings. The van der Waals surface area contributed by atoms with Gasteiger partial charge in [-0.1, -0.05) is 0 Å². The van der Waals surface area contributed by atoms with E-state index >= 15 is 0 Å². The average Bonchev–Trinajstić information content (AvgIpc) is 2.72. The first-order valence-electron chi connectivity index (χ1n) is 9.45. The largest absolute Gasteiger partial charge is 0.462 e. The molecule has 0 spiro atoms. The Morgan fingerprint density at radius 2 is 1.81 bits per heavy atom. The second-order valence-electron chi connectivity index (χ2n) is 6.54. The molecule has 1 aromatic heterocycles. The van der Waals surface area contributed by atoms with Crippen LogP contribution in [0.15, 0.2) is 63.6 Å². The number of esters is 1. The minimum absolute atomic E-state index is 0.0372. The van der Waals surface area contributed by atoms with Crippen molar-refractivity contribution < 1.29 is 14.5 Å². The van der Waals surface area contributed by atoms with Crippen molar-refractivity contribution in [1.82, 2.24) is 9.97 Å². The van der Waals surface area contributed by atoms with E-state index in [0.29, 0.717) is 28.6 Å². The Hall–Kier alpha value is -3.59. The number of aryl methyl sites for hydroxylation is 2. The third-order valence-electron chi connectivity index (χ3n) is 4.10. The molecule has 0 aliphatic carbocycles. The number of hydrogen-bond donors (Lipinski definition) is 0. The molecule has 0 amide bonds. The summed E-state index contributed by atoms with van der Waals surface area (Å²) in [5.74, 6) is -0.399. The molecular formula is C22H20N4O4S. The third-order valence-corrected chi connectivity index (χ3v) is 5.06. The minimum atomic E-state index is -0.451. The summed E-state index contributed by atoms with van der Waals surface area (Å²) in [6.07, 6.45) is 1.55. The minimum Gasteiger partial charge on any atom is -0.462 e. The van der Waals surface area contributed by atoms with Crippen molar-refractivity contribution in [2.45, 2.75) is 30.8 Å². The van der Waals surface area contributed by atoms with Crippen LogP contribution in [0, 0.1) is 24.0 Å². The maximum absolute atomic E-state index is 11.8. The van der Waals surface area contributed by atoms with Crippen molar-refractivity contribution >= 4 is 35.3 Å². The Balaban J connectivity index is 1.90. The van der Waals surface area contributed by atoms with Crippen LogP contribution in [0.3, 0.4) is 0 Å². The van der Waals surface area contributed by atoms with Crippen molar-refractivity contribution in [2.24, 2.45) is 4.99 Å². The highest BCUT2D eigenvalue weighted by Gasteiger charge is 2.13. The molecular weight excluding hydrogens is 416 g/mol. The van der Waals surface area contributed by atoms with Crippen LogP contribution in [-0.4, -0.2) is 33.7 Å². The zero-order chi connectivity index (χ0) is 22.4. The number of nitro benzene ring substituents is 1. The molecule has 0 saturated heterocycles. The van der Waals surface area contributed by atoms with Gasteiger partial charge in [0.1, 0.15) is 0 Å². The summed E-state index contributed by atoms with van der Waals surface area (Å²) >= 11 is 1.31. The number of carbonyl (C=O) groups is 1. The summed E-state index contributed by atoms with van der Waals surface area (Å²) in [5.41, 5.74) is 3.24. The molecule has 0 bridgehead atoms. The molecule has 31 heavy (non-hydrogen) atoms. The number of nitrogens with zero attached hydrogens (tertiary/aromatic N) is 4. The maximum Gasteiger partial charge on any atom is 0.338 e. The Labute approximate surface area is 183 Å². The van der Waals surface area contributed by atoms with Crippen LogP contribution in [0.2, 0.25) is 0 Å². The first-order valence-corrected chi connectivity index (χ1v) is 10.3. The molecule has 9 heteroatoms. The smallest absolute Gasteiger partial charge is 0.338 e. The molecule has 1 heterocycles. The van der Waals surface area contributed by atoms with E-state index in [0.717, 1.165) is 16.3 Å². The fourth-order valence-corrected chi connectivity index (χ4v) is 3.66. The Morgan fingerprint density at radius 1 is 1.13 bits per heavy atom. The Morgan fingerprint density at radius 3 is 2.42 bits per heavy atom. The van der Waals surface area contributed by atoms with Crippen LogP contribution in [0.4, 0.5) is 11.4 Å². The molecule has 158 valence electrons. The molecule has 2 aromatic carbocycles. The number of benzene rings is 2. The van der Waals surface area contributed by atoms with Gasteiger partial charge in [0.05, 0.1) is 22.8 Å². The SMILES string of the molecule is CCOC(=O)c1ccc(N=Cc2cc([N+](=O)[O-])ccc2Sc2nc(C)cc(C)n2)cc1. The molecule has 3 rings (SSSR count). The normalized spacial score (nSPS) is 10.9. The Kier molecular flexibility index (Phi) is 7.09. The number of aromatic nitrogens is 2. The van der Waals surface area contributed by atoms with E-state index in [9.17, 15) is 14.9 Å². The van der Waals surface area contributed by atoms with E-state index in [4.69, 9.17) is 4.74 Å². The van der Waals surface area contributed by atoms with Crippen molar-refractivity contribution in [3.8, 4) is 0 Å². The molecule has 0 unspecified atom stereocenters. The first kappa shape index (κ1) is 22.1. The monoisotopic (exact) mass is 436 g/mol. The van der Waals surface area contributed by atoms with Crippen LogP contribution in [0.25, 0.3) is 0 Å². The standard InChI is InChI=1S/C22H20N4O4S/c1-4-30-21(27)16-5-7-18(8-6-16)23-13-17-12-19(26(28)29)9-10-20(17)31-22-24-14(2)11-15(3)25-22/h5-13H,4H2,1-3H3. The fraction of sp³-hybridized carbons (Fsp3) is 0.182. The molecule has 8 nitrogen and oxygen atoms in total. The number of nitro groups is 1. The molecule has 0 atom stereocenters. The van der Waals surface area contributed by atoms with Crippen molar-refractivity contribution in [3.05, 3.63) is 81.2 Å². The number of hydrogen-bond acceptors (Lipinski definition) is 8. The van der Waals surface area contributed by atoms with Gasteiger partial charge in [0.25, 0.3) is 5.69 Å². The van der Waals surface area contributed by atoms with Gasteiger partial charge in [-0.25, -0.2) is 14.8 Å². The van der Waals surface area contributed by atoms with Gasteiger partial charge >= 0.3 is 5.97 Å². The summed E-state index contributed by atoms with van der Waals surface area (Å²) in [7, 11) is 0. The van der Waals surface area contributed by atoms with Gasteiger partial charge in [-0.2, -0.15) is 0 Å². The van der Waals surface area contributed by atoms with Gasteiger partial charge in [0, 0.05) is 40.2 Å². The van der Waals surface area contributed by atoms with Gasteiger partial charge in [-0.3, -0.25) is 15.1 Å². The topological polar surface area (TPSA) is 108 Å². The van der Waals surface area contributed by atoms with E-state index in [1.54, 1.807) is 43.5 Å². The van der Waals surface area contributed by atoms with Crippen LogP contribution >= 0.6 is 11.8 Å². The van der Waals surface area contributed by atoms with E-state index in [-0.39, 0.29) is 5.69 Å². The third kappa shape index (κ3) is 5.95. The summed E-state index contributed by atoms with van der Waals surface area (Å²) in [6.45, 7) is 5.82. The van der Waals surface area contributed by atoms with Gasteiger partial charge in [-0.15, -0.1) is 0 Å². The zero-order valence-corrected chi connectivity index (χ0v) is 18.0. The number of rotatable bonds is 7. The zero-order valence-electron chi connectivity index (χ0n) is 17.2. The van der Waals surface area contributed by atoms with Crippen molar-refractivity contribution in [3.63, 3.8) is 0 Å². The van der Waals surface area contributed by atoms with E-state index < -0.39 is 10.9 Å². The highest BCUT2D eigenvalue weighted by molar-refractivity contribution is 7.99. The lowest BCUT2D eigenvalue weighted by molar-refractivity contribution is -0.384. The Bertz CT molecular complexity index is 1130. The van der Waals surface area contributed by atoms with Crippen LogP contribution in [-0.2, 0) is 4.74 Å². The molecule has 0 N–H and O–H groups in total. The van der Waals surface area contributed by atoms with Gasteiger partial charge < -0.3 is 4.74 Å². The lowest BCUT2D eigenvalue weighted by Crippen LogP contribution is -2.03. The first-order chi connectivity index (χ1) is 14.9. The summed E-state index contributed by atoms with van der Waals surface area (Å²) < 4.78 is 4.97. The molecule has 0 fully saturated rings.